The van der Waals surface area contributed by atoms with E-state index < -0.39 is 0 Å². The van der Waals surface area contributed by atoms with Crippen LogP contribution in [0.25, 0.3) is 0 Å². The molecule has 0 spiro atoms. The summed E-state index contributed by atoms with van der Waals surface area (Å²) in [6, 6.07) is 3.54. The second-order valence-electron chi connectivity index (χ2n) is 4.88. The fourth-order valence-electron chi connectivity index (χ4n) is 1.86. The van der Waals surface area contributed by atoms with E-state index in [-0.39, 0.29) is 5.91 Å². The predicted octanol–water partition coefficient (Wildman–Crippen LogP) is 2.03. The molecule has 6 nitrogen and oxygen atoms in total. The van der Waals surface area contributed by atoms with Gasteiger partial charge < -0.3 is 19.6 Å². The smallest absolute Gasteiger partial charge is 0.287 e. The minimum atomic E-state index is -0.174. The van der Waals surface area contributed by atoms with Crippen molar-refractivity contribution in [2.75, 3.05) is 19.6 Å². The zero-order chi connectivity index (χ0) is 15.8. The van der Waals surface area contributed by atoms with Gasteiger partial charge in [-0.2, -0.15) is 0 Å². The lowest BCUT2D eigenvalue weighted by atomic mass is 10.4. The fourth-order valence-corrected chi connectivity index (χ4v) is 2.68. The van der Waals surface area contributed by atoms with Gasteiger partial charge in [0.1, 0.15) is 5.76 Å². The average molecular weight is 322 g/mol. The second kappa shape index (κ2) is 8.65. The van der Waals surface area contributed by atoms with Gasteiger partial charge in [-0.15, -0.1) is 0 Å². The standard InChI is InChI=1S/C15H22N4O2S/c1-3-6-16-7-8-17-14(20)13-5-4-12(21-13)11-22-15-18-9-10-19(15)2/h4-5,9-10,16H,3,6-8,11H2,1-2H3,(H,17,20). The molecule has 2 rings (SSSR count). The van der Waals surface area contributed by atoms with Crippen molar-refractivity contribution in [3.05, 3.63) is 36.0 Å². The van der Waals surface area contributed by atoms with Crippen molar-refractivity contribution in [1.82, 2.24) is 20.2 Å². The van der Waals surface area contributed by atoms with Gasteiger partial charge in [0.15, 0.2) is 10.9 Å². The van der Waals surface area contributed by atoms with Crippen LogP contribution in [0.3, 0.4) is 0 Å². The predicted molar refractivity (Wildman–Crippen MR) is 87.0 cm³/mol. The summed E-state index contributed by atoms with van der Waals surface area (Å²) in [5, 5.41) is 6.98. The molecule has 0 saturated carbocycles. The van der Waals surface area contributed by atoms with Crippen molar-refractivity contribution in [1.29, 1.82) is 0 Å². The topological polar surface area (TPSA) is 72.1 Å². The van der Waals surface area contributed by atoms with Crippen molar-refractivity contribution in [2.45, 2.75) is 24.3 Å². The number of aromatic nitrogens is 2. The van der Waals surface area contributed by atoms with Gasteiger partial charge in [0.25, 0.3) is 5.91 Å². The number of nitrogens with zero attached hydrogens (tertiary/aromatic N) is 2. The van der Waals surface area contributed by atoms with Gasteiger partial charge >= 0.3 is 0 Å². The highest BCUT2D eigenvalue weighted by atomic mass is 32.2. The van der Waals surface area contributed by atoms with Crippen LogP contribution in [0.1, 0.15) is 29.7 Å². The Morgan fingerprint density at radius 1 is 1.36 bits per heavy atom. The highest BCUT2D eigenvalue weighted by Gasteiger charge is 2.11. The maximum absolute atomic E-state index is 11.9. The molecule has 0 aromatic carbocycles. The number of carbonyl (C=O) groups excluding carboxylic acids is 1. The van der Waals surface area contributed by atoms with Crippen molar-refractivity contribution in [3.8, 4) is 0 Å². The number of rotatable bonds is 9. The third-order valence-corrected chi connectivity index (χ3v) is 4.10. The van der Waals surface area contributed by atoms with E-state index in [1.54, 1.807) is 24.0 Å². The van der Waals surface area contributed by atoms with E-state index in [4.69, 9.17) is 4.42 Å². The number of imidazole rings is 1. The van der Waals surface area contributed by atoms with Crippen LogP contribution in [-0.4, -0.2) is 35.1 Å². The van der Waals surface area contributed by atoms with Crippen LogP contribution in [-0.2, 0) is 12.8 Å². The fraction of sp³-hybridized carbons (Fsp3) is 0.467. The molecular weight excluding hydrogens is 300 g/mol. The Morgan fingerprint density at radius 3 is 2.95 bits per heavy atom. The molecule has 2 aromatic rings. The molecule has 7 heteroatoms. The molecule has 0 aliphatic heterocycles. The lowest BCUT2D eigenvalue weighted by Gasteiger charge is -2.04. The quantitative estimate of drug-likeness (QED) is 0.546. The lowest BCUT2D eigenvalue weighted by molar-refractivity contribution is 0.0925. The SMILES string of the molecule is CCCNCCNC(=O)c1ccc(CSc2nccn2C)o1. The molecule has 22 heavy (non-hydrogen) atoms. The molecular formula is C15H22N4O2S. The maximum Gasteiger partial charge on any atom is 0.287 e. The Balaban J connectivity index is 1.75. The van der Waals surface area contributed by atoms with E-state index in [1.807, 2.05) is 23.9 Å². The van der Waals surface area contributed by atoms with Gasteiger partial charge in [-0.1, -0.05) is 18.7 Å². The van der Waals surface area contributed by atoms with Gasteiger partial charge in [-0.05, 0) is 25.1 Å². The number of hydrogen-bond donors (Lipinski definition) is 2. The molecule has 0 aliphatic carbocycles. The first-order valence-electron chi connectivity index (χ1n) is 7.38. The van der Waals surface area contributed by atoms with Crippen LogP contribution in [0, 0.1) is 0 Å². The molecule has 2 heterocycles. The van der Waals surface area contributed by atoms with Crippen LogP contribution < -0.4 is 10.6 Å². The van der Waals surface area contributed by atoms with Gasteiger partial charge in [-0.25, -0.2) is 4.98 Å². The molecule has 120 valence electrons. The summed E-state index contributed by atoms with van der Waals surface area (Å²) in [5.74, 6) is 1.59. The average Bonchev–Trinajstić information content (AvgIpc) is 3.14. The van der Waals surface area contributed by atoms with E-state index in [1.165, 1.54) is 0 Å². The van der Waals surface area contributed by atoms with E-state index in [0.29, 0.717) is 18.1 Å². The summed E-state index contributed by atoms with van der Waals surface area (Å²) >= 11 is 1.58. The molecule has 2 N–H and O–H groups in total. The number of thioether (sulfide) groups is 1. The monoisotopic (exact) mass is 322 g/mol. The third-order valence-electron chi connectivity index (χ3n) is 3.02. The van der Waals surface area contributed by atoms with Gasteiger partial charge in [0, 0.05) is 32.5 Å². The Morgan fingerprint density at radius 2 is 2.23 bits per heavy atom. The number of furan rings is 1. The van der Waals surface area contributed by atoms with Crippen molar-refractivity contribution < 1.29 is 9.21 Å². The Bertz CT molecular complexity index is 594. The van der Waals surface area contributed by atoms with Crippen LogP contribution in [0.5, 0.6) is 0 Å². The van der Waals surface area contributed by atoms with Crippen molar-refractivity contribution >= 4 is 17.7 Å². The first kappa shape index (κ1) is 16.6. The second-order valence-corrected chi connectivity index (χ2v) is 5.82. The Kier molecular flexibility index (Phi) is 6.54. The first-order chi connectivity index (χ1) is 10.7. The minimum Gasteiger partial charge on any atom is -0.455 e. The van der Waals surface area contributed by atoms with E-state index in [0.717, 1.165) is 30.4 Å². The number of aryl methyl sites for hydroxylation is 1. The number of nitrogens with one attached hydrogen (secondary N) is 2. The van der Waals surface area contributed by atoms with Crippen molar-refractivity contribution in [2.24, 2.45) is 7.05 Å². The molecule has 1 amide bonds. The van der Waals surface area contributed by atoms with Crippen LogP contribution in [0.4, 0.5) is 0 Å². The van der Waals surface area contributed by atoms with E-state index in [2.05, 4.69) is 22.5 Å². The molecule has 0 fully saturated rings. The summed E-state index contributed by atoms with van der Waals surface area (Å²) in [7, 11) is 1.95. The number of hydrogen-bond acceptors (Lipinski definition) is 5. The highest BCUT2D eigenvalue weighted by Crippen LogP contribution is 2.21. The van der Waals surface area contributed by atoms with Crippen molar-refractivity contribution in [3.63, 3.8) is 0 Å². The molecule has 0 radical (unpaired) electrons. The zero-order valence-corrected chi connectivity index (χ0v) is 13.8. The van der Waals surface area contributed by atoms with Crippen LogP contribution in [0.2, 0.25) is 0 Å². The largest absolute Gasteiger partial charge is 0.455 e. The number of carbonyl (C=O) groups is 1. The highest BCUT2D eigenvalue weighted by molar-refractivity contribution is 7.98. The van der Waals surface area contributed by atoms with E-state index >= 15 is 0 Å². The Labute approximate surface area is 134 Å². The van der Waals surface area contributed by atoms with Gasteiger partial charge in [0.05, 0.1) is 5.75 Å². The normalized spacial score (nSPS) is 10.8. The lowest BCUT2D eigenvalue weighted by Crippen LogP contribution is -2.31. The van der Waals surface area contributed by atoms with Crippen LogP contribution in [0.15, 0.2) is 34.1 Å². The Hall–Kier alpha value is -1.73. The molecule has 0 aliphatic rings. The maximum atomic E-state index is 11.9. The number of amides is 1. The molecule has 0 atom stereocenters. The van der Waals surface area contributed by atoms with Crippen LogP contribution >= 0.6 is 11.8 Å². The molecule has 0 saturated heterocycles. The minimum absolute atomic E-state index is 0.174. The first-order valence-corrected chi connectivity index (χ1v) is 8.37. The molecule has 2 aromatic heterocycles. The summed E-state index contributed by atoms with van der Waals surface area (Å²) in [6.07, 6.45) is 4.75. The summed E-state index contributed by atoms with van der Waals surface area (Å²) in [4.78, 5) is 16.2. The molecule has 0 unspecified atom stereocenters. The third kappa shape index (κ3) is 4.92. The summed E-state index contributed by atoms with van der Waals surface area (Å²) in [5.41, 5.74) is 0. The van der Waals surface area contributed by atoms with Gasteiger partial charge in [0.2, 0.25) is 0 Å². The molecule has 0 bridgehead atoms. The summed E-state index contributed by atoms with van der Waals surface area (Å²) < 4.78 is 7.52. The van der Waals surface area contributed by atoms with Gasteiger partial charge in [-0.3, -0.25) is 4.79 Å². The zero-order valence-electron chi connectivity index (χ0n) is 13.0. The summed E-state index contributed by atoms with van der Waals surface area (Å²) in [6.45, 7) is 4.43. The van der Waals surface area contributed by atoms with E-state index in [9.17, 15) is 4.79 Å².